The van der Waals surface area contributed by atoms with Crippen molar-refractivity contribution in [2.75, 3.05) is 13.2 Å². The Bertz CT molecular complexity index is 405. The normalized spacial score (nSPS) is 15.6. The molecule has 0 aliphatic carbocycles. The second-order valence-corrected chi connectivity index (χ2v) is 3.68. The van der Waals surface area contributed by atoms with Gasteiger partial charge in [-0.2, -0.15) is 0 Å². The molecule has 1 aliphatic heterocycles. The summed E-state index contributed by atoms with van der Waals surface area (Å²) in [6.45, 7) is 1.05. The fourth-order valence-corrected chi connectivity index (χ4v) is 1.63. The highest BCUT2D eigenvalue weighted by Crippen LogP contribution is 2.32. The van der Waals surface area contributed by atoms with E-state index in [1.807, 2.05) is 0 Å². The molecule has 2 rings (SSSR count). The van der Waals surface area contributed by atoms with Crippen LogP contribution in [0.4, 0.5) is 0 Å². The number of fused-ring (bicyclic) bond motifs is 1. The zero-order valence-corrected chi connectivity index (χ0v) is 8.77. The Labute approximate surface area is 92.8 Å². The summed E-state index contributed by atoms with van der Waals surface area (Å²) >= 11 is 0. The maximum absolute atomic E-state index is 10.5. The van der Waals surface area contributed by atoms with Crippen molar-refractivity contribution in [2.45, 2.75) is 12.5 Å². The number of hydrogen-bond acceptors (Lipinski definition) is 4. The number of hydrogen-bond donors (Lipinski definition) is 1. The van der Waals surface area contributed by atoms with Gasteiger partial charge < -0.3 is 25.1 Å². The summed E-state index contributed by atoms with van der Waals surface area (Å²) in [4.78, 5) is 10.5. The van der Waals surface area contributed by atoms with E-state index in [1.165, 1.54) is 0 Å². The molecule has 0 saturated heterocycles. The lowest BCUT2D eigenvalue weighted by molar-refractivity contribution is -0.430. The molecule has 1 heterocycles. The summed E-state index contributed by atoms with van der Waals surface area (Å²) < 4.78 is 10.8. The summed E-state index contributed by atoms with van der Waals surface area (Å²) in [5.74, 6) is 0.237. The molecule has 0 amide bonds. The zero-order chi connectivity index (χ0) is 11.5. The maximum atomic E-state index is 10.5. The number of benzene rings is 1. The van der Waals surface area contributed by atoms with Crippen LogP contribution in [0.2, 0.25) is 0 Å². The van der Waals surface area contributed by atoms with E-state index in [0.717, 1.165) is 5.56 Å². The highest BCUT2D eigenvalue weighted by atomic mass is 16.6. The molecule has 0 unspecified atom stereocenters. The molecule has 5 nitrogen and oxygen atoms in total. The van der Waals surface area contributed by atoms with Crippen LogP contribution in [0, 0.1) is 0 Å². The highest BCUT2D eigenvalue weighted by molar-refractivity contribution is 5.65. The SMILES string of the molecule is [NH3+][C@H](CC(=O)[O-])c1ccc2c(c1)OCCO2. The Morgan fingerprint density at radius 3 is 2.75 bits per heavy atom. The van der Waals surface area contributed by atoms with Gasteiger partial charge in [-0.05, 0) is 18.2 Å². The van der Waals surface area contributed by atoms with Gasteiger partial charge in [0, 0.05) is 18.0 Å². The molecule has 0 spiro atoms. The van der Waals surface area contributed by atoms with Crippen LogP contribution in [-0.2, 0) is 4.79 Å². The molecule has 0 bridgehead atoms. The number of carboxylic acid groups (broad SMARTS) is 1. The second kappa shape index (κ2) is 4.40. The van der Waals surface area contributed by atoms with E-state index < -0.39 is 5.97 Å². The molecule has 1 aliphatic rings. The molecule has 0 saturated carbocycles. The van der Waals surface area contributed by atoms with Gasteiger partial charge in [0.2, 0.25) is 0 Å². The smallest absolute Gasteiger partial charge is 0.161 e. The molecule has 0 aromatic heterocycles. The van der Waals surface area contributed by atoms with Crippen molar-refractivity contribution < 1.29 is 25.1 Å². The van der Waals surface area contributed by atoms with E-state index in [2.05, 4.69) is 5.73 Å². The molecule has 0 fully saturated rings. The first-order chi connectivity index (χ1) is 7.66. The van der Waals surface area contributed by atoms with E-state index in [9.17, 15) is 9.90 Å². The molecular weight excluding hydrogens is 210 g/mol. The topological polar surface area (TPSA) is 86.2 Å². The van der Waals surface area contributed by atoms with Crippen LogP contribution >= 0.6 is 0 Å². The lowest BCUT2D eigenvalue weighted by atomic mass is 10.0. The van der Waals surface area contributed by atoms with E-state index in [0.29, 0.717) is 24.7 Å². The molecule has 1 aromatic rings. The Morgan fingerprint density at radius 1 is 1.38 bits per heavy atom. The summed E-state index contributed by atoms with van der Waals surface area (Å²) in [5, 5.41) is 10.5. The van der Waals surface area contributed by atoms with Gasteiger partial charge in [-0.1, -0.05) is 0 Å². The minimum absolute atomic E-state index is 0.0976. The van der Waals surface area contributed by atoms with Crippen molar-refractivity contribution >= 4 is 5.97 Å². The van der Waals surface area contributed by atoms with Crippen LogP contribution in [-0.4, -0.2) is 19.2 Å². The number of carboxylic acids is 1. The van der Waals surface area contributed by atoms with Crippen molar-refractivity contribution in [1.29, 1.82) is 0 Å². The molecule has 0 radical (unpaired) electrons. The van der Waals surface area contributed by atoms with Gasteiger partial charge in [0.1, 0.15) is 19.3 Å². The second-order valence-electron chi connectivity index (χ2n) is 3.68. The van der Waals surface area contributed by atoms with Crippen LogP contribution in [0.3, 0.4) is 0 Å². The third-order valence-electron chi connectivity index (χ3n) is 2.45. The molecule has 1 aromatic carbocycles. The van der Waals surface area contributed by atoms with Gasteiger partial charge in [0.25, 0.3) is 0 Å². The van der Waals surface area contributed by atoms with E-state index >= 15 is 0 Å². The zero-order valence-electron chi connectivity index (χ0n) is 8.77. The molecule has 3 N–H and O–H groups in total. The Hall–Kier alpha value is -1.75. The third-order valence-corrected chi connectivity index (χ3v) is 2.45. The standard InChI is InChI=1S/C11H13NO4/c12-8(6-11(13)14)7-1-2-9-10(5-7)16-4-3-15-9/h1-2,5,8H,3-4,6,12H2,(H,13,14)/t8-/m1/s1. The minimum atomic E-state index is -1.10. The lowest BCUT2D eigenvalue weighted by Gasteiger charge is -2.19. The van der Waals surface area contributed by atoms with Gasteiger partial charge in [0.05, 0.1) is 0 Å². The van der Waals surface area contributed by atoms with Crippen LogP contribution in [0.5, 0.6) is 11.5 Å². The van der Waals surface area contributed by atoms with Crippen LogP contribution in [0.1, 0.15) is 18.0 Å². The number of rotatable bonds is 3. The van der Waals surface area contributed by atoms with Crippen LogP contribution in [0.25, 0.3) is 0 Å². The first kappa shape index (κ1) is 10.8. The van der Waals surface area contributed by atoms with Gasteiger partial charge >= 0.3 is 0 Å². The van der Waals surface area contributed by atoms with Crippen LogP contribution < -0.4 is 20.3 Å². The summed E-state index contributed by atoms with van der Waals surface area (Å²) in [7, 11) is 0. The summed E-state index contributed by atoms with van der Waals surface area (Å²) in [6, 6.07) is 5.02. The van der Waals surface area contributed by atoms with E-state index in [1.54, 1.807) is 18.2 Å². The van der Waals surface area contributed by atoms with Gasteiger partial charge in [-0.15, -0.1) is 0 Å². The number of quaternary nitrogens is 1. The first-order valence-corrected chi connectivity index (χ1v) is 5.09. The highest BCUT2D eigenvalue weighted by Gasteiger charge is 2.16. The van der Waals surface area contributed by atoms with Crippen molar-refractivity contribution in [2.24, 2.45) is 0 Å². The van der Waals surface area contributed by atoms with Gasteiger partial charge in [0.15, 0.2) is 11.5 Å². The third kappa shape index (κ3) is 2.25. The molecule has 16 heavy (non-hydrogen) atoms. The molecular formula is C11H13NO4. The molecule has 86 valence electrons. The largest absolute Gasteiger partial charge is 0.550 e. The fraction of sp³-hybridized carbons (Fsp3) is 0.364. The minimum Gasteiger partial charge on any atom is -0.550 e. The molecule has 1 atom stereocenters. The fourth-order valence-electron chi connectivity index (χ4n) is 1.63. The number of ether oxygens (including phenoxy) is 2. The van der Waals surface area contributed by atoms with Crippen molar-refractivity contribution in [3.8, 4) is 11.5 Å². The number of carbonyl (C=O) groups is 1. The quantitative estimate of drug-likeness (QED) is 0.703. The van der Waals surface area contributed by atoms with Crippen molar-refractivity contribution in [3.05, 3.63) is 23.8 Å². The lowest BCUT2D eigenvalue weighted by Crippen LogP contribution is -2.55. The predicted octanol–water partition coefficient (Wildman–Crippen LogP) is -1.12. The van der Waals surface area contributed by atoms with Crippen LogP contribution in [0.15, 0.2) is 18.2 Å². The summed E-state index contributed by atoms with van der Waals surface area (Å²) in [6.07, 6.45) is -0.0976. The van der Waals surface area contributed by atoms with E-state index in [4.69, 9.17) is 9.47 Å². The first-order valence-electron chi connectivity index (χ1n) is 5.09. The van der Waals surface area contributed by atoms with Gasteiger partial charge in [-0.25, -0.2) is 0 Å². The summed E-state index contributed by atoms with van der Waals surface area (Å²) in [5.41, 5.74) is 4.59. The number of aliphatic carboxylic acids is 1. The monoisotopic (exact) mass is 223 g/mol. The molecule has 5 heteroatoms. The predicted molar refractivity (Wildman–Crippen MR) is 52.7 cm³/mol. The van der Waals surface area contributed by atoms with Gasteiger partial charge in [-0.3, -0.25) is 0 Å². The van der Waals surface area contributed by atoms with Crippen molar-refractivity contribution in [3.63, 3.8) is 0 Å². The Balaban J connectivity index is 2.19. The number of carbonyl (C=O) groups excluding carboxylic acids is 1. The van der Waals surface area contributed by atoms with E-state index in [-0.39, 0.29) is 12.5 Å². The average molecular weight is 223 g/mol. The van der Waals surface area contributed by atoms with Crippen molar-refractivity contribution in [1.82, 2.24) is 0 Å². The Morgan fingerprint density at radius 2 is 2.06 bits per heavy atom. The maximum Gasteiger partial charge on any atom is 0.161 e. The Kier molecular flexibility index (Phi) is 2.96. The average Bonchev–Trinajstić information content (AvgIpc) is 2.27.